The molecule has 1 heterocycles. The number of nitrogens with one attached hydrogen (secondary N) is 1. The number of rotatable bonds is 8. The highest BCUT2D eigenvalue weighted by Gasteiger charge is 2.25. The van der Waals surface area contributed by atoms with Gasteiger partial charge in [0.05, 0.1) is 33.7 Å². The molecule has 0 atom stereocenters. The summed E-state index contributed by atoms with van der Waals surface area (Å²) < 4.78 is 41.8. The lowest BCUT2D eigenvalue weighted by Crippen LogP contribution is -2.30. The van der Waals surface area contributed by atoms with Crippen molar-refractivity contribution >= 4 is 21.6 Å². The first-order chi connectivity index (χ1) is 15.6. The standard InChI is InChI=1S/C23H27FN4O4S/c1-5-27(6-2)33(31,32)18-11-12-21(29)20(13-18)26-23(30)19-14-25-28(22(19)15(3)4)17-9-7-16(24)8-10-17/h7-15,29H,5-6H2,1-4H3,(H,26,30). The zero-order chi connectivity index (χ0) is 24.3. The van der Waals surface area contributed by atoms with Crippen LogP contribution in [0.15, 0.2) is 53.6 Å². The van der Waals surface area contributed by atoms with Crippen LogP contribution in [-0.4, -0.2) is 46.6 Å². The van der Waals surface area contributed by atoms with Crippen LogP contribution in [-0.2, 0) is 10.0 Å². The molecule has 1 amide bonds. The van der Waals surface area contributed by atoms with Crippen molar-refractivity contribution in [1.82, 2.24) is 14.1 Å². The van der Waals surface area contributed by atoms with E-state index in [0.717, 1.165) is 0 Å². The van der Waals surface area contributed by atoms with Gasteiger partial charge >= 0.3 is 0 Å². The SMILES string of the molecule is CCN(CC)S(=O)(=O)c1ccc(O)c(NC(=O)c2cnn(-c3ccc(F)cc3)c2C(C)C)c1. The molecule has 0 bridgehead atoms. The van der Waals surface area contributed by atoms with Gasteiger partial charge < -0.3 is 10.4 Å². The maximum Gasteiger partial charge on any atom is 0.259 e. The first-order valence-corrected chi connectivity index (χ1v) is 12.0. The van der Waals surface area contributed by atoms with Crippen molar-refractivity contribution in [3.8, 4) is 11.4 Å². The van der Waals surface area contributed by atoms with Crippen LogP contribution in [0.4, 0.5) is 10.1 Å². The van der Waals surface area contributed by atoms with Crippen LogP contribution in [0.3, 0.4) is 0 Å². The first-order valence-electron chi connectivity index (χ1n) is 10.6. The Morgan fingerprint density at radius 1 is 1.15 bits per heavy atom. The van der Waals surface area contributed by atoms with E-state index < -0.39 is 15.9 Å². The van der Waals surface area contributed by atoms with Crippen LogP contribution < -0.4 is 5.32 Å². The average molecular weight is 475 g/mol. The number of phenolic OH excluding ortho intramolecular Hbond substituents is 1. The number of aromatic nitrogens is 2. The Bertz CT molecular complexity index is 1250. The Hall–Kier alpha value is -3.24. The molecule has 0 fully saturated rings. The lowest BCUT2D eigenvalue weighted by Gasteiger charge is -2.19. The number of carbonyl (C=O) groups is 1. The molecule has 0 aliphatic heterocycles. The third-order valence-corrected chi connectivity index (χ3v) is 7.27. The Labute approximate surface area is 192 Å². The molecule has 0 spiro atoms. The van der Waals surface area contributed by atoms with Crippen molar-refractivity contribution in [2.24, 2.45) is 0 Å². The maximum atomic E-state index is 13.3. The Kier molecular flexibility index (Phi) is 7.19. The fourth-order valence-corrected chi connectivity index (χ4v) is 5.04. The summed E-state index contributed by atoms with van der Waals surface area (Å²) in [4.78, 5) is 13.1. The number of nitrogens with zero attached hydrogens (tertiary/aromatic N) is 3. The van der Waals surface area contributed by atoms with Gasteiger partial charge in [-0.3, -0.25) is 4.79 Å². The van der Waals surface area contributed by atoms with Crippen molar-refractivity contribution < 1.29 is 22.7 Å². The second-order valence-corrected chi connectivity index (χ2v) is 9.65. The maximum absolute atomic E-state index is 13.3. The third-order valence-electron chi connectivity index (χ3n) is 5.23. The monoisotopic (exact) mass is 474 g/mol. The highest BCUT2D eigenvalue weighted by molar-refractivity contribution is 7.89. The Morgan fingerprint density at radius 2 is 1.79 bits per heavy atom. The quantitative estimate of drug-likeness (QED) is 0.478. The molecular weight excluding hydrogens is 447 g/mol. The van der Waals surface area contributed by atoms with E-state index >= 15 is 0 Å². The van der Waals surface area contributed by atoms with Gasteiger partial charge in [0.15, 0.2) is 0 Å². The van der Waals surface area contributed by atoms with E-state index in [-0.39, 0.29) is 33.6 Å². The van der Waals surface area contributed by atoms with Crippen molar-refractivity contribution in [1.29, 1.82) is 0 Å². The fourth-order valence-electron chi connectivity index (χ4n) is 3.55. The average Bonchev–Trinajstić information content (AvgIpc) is 3.22. The number of carbonyl (C=O) groups excluding carboxylic acids is 1. The molecule has 0 unspecified atom stereocenters. The topological polar surface area (TPSA) is 105 Å². The van der Waals surface area contributed by atoms with Crippen molar-refractivity contribution in [3.63, 3.8) is 0 Å². The van der Waals surface area contributed by atoms with E-state index in [0.29, 0.717) is 24.5 Å². The molecule has 8 nitrogen and oxygen atoms in total. The normalized spacial score (nSPS) is 11.8. The van der Waals surface area contributed by atoms with Gasteiger partial charge in [0, 0.05) is 13.1 Å². The molecule has 0 aliphatic rings. The summed E-state index contributed by atoms with van der Waals surface area (Å²) in [5, 5.41) is 17.1. The molecule has 2 aromatic carbocycles. The minimum Gasteiger partial charge on any atom is -0.506 e. The summed E-state index contributed by atoms with van der Waals surface area (Å²) in [6.07, 6.45) is 1.39. The molecular formula is C23H27FN4O4S. The summed E-state index contributed by atoms with van der Waals surface area (Å²) in [6.45, 7) is 7.83. The predicted octanol–water partition coefficient (Wildman–Crippen LogP) is 4.12. The summed E-state index contributed by atoms with van der Waals surface area (Å²) in [5.41, 5.74) is 1.41. The second kappa shape index (κ2) is 9.72. The number of sulfonamides is 1. The van der Waals surface area contributed by atoms with Crippen LogP contribution in [0.25, 0.3) is 5.69 Å². The predicted molar refractivity (Wildman–Crippen MR) is 124 cm³/mol. The summed E-state index contributed by atoms with van der Waals surface area (Å²) >= 11 is 0. The van der Waals surface area contributed by atoms with E-state index in [9.17, 15) is 22.7 Å². The number of benzene rings is 2. The van der Waals surface area contributed by atoms with E-state index in [1.807, 2.05) is 13.8 Å². The Balaban J connectivity index is 1.97. The molecule has 0 saturated carbocycles. The van der Waals surface area contributed by atoms with Crippen LogP contribution in [0, 0.1) is 5.82 Å². The van der Waals surface area contributed by atoms with Crippen LogP contribution in [0.2, 0.25) is 0 Å². The van der Waals surface area contributed by atoms with E-state index in [2.05, 4.69) is 10.4 Å². The number of amides is 1. The zero-order valence-electron chi connectivity index (χ0n) is 18.9. The minimum absolute atomic E-state index is 0.0301. The molecule has 3 rings (SSSR count). The van der Waals surface area contributed by atoms with E-state index in [1.165, 1.54) is 40.8 Å². The molecule has 10 heteroatoms. The van der Waals surface area contributed by atoms with Crippen molar-refractivity contribution in [2.75, 3.05) is 18.4 Å². The number of hydrogen-bond donors (Lipinski definition) is 2. The minimum atomic E-state index is -3.77. The van der Waals surface area contributed by atoms with Gasteiger partial charge in [0.1, 0.15) is 11.6 Å². The summed E-state index contributed by atoms with van der Waals surface area (Å²) in [5.74, 6) is -1.31. The number of phenols is 1. The van der Waals surface area contributed by atoms with Crippen molar-refractivity contribution in [3.05, 3.63) is 65.7 Å². The molecule has 0 aliphatic carbocycles. The molecule has 33 heavy (non-hydrogen) atoms. The fraction of sp³-hybridized carbons (Fsp3) is 0.304. The molecule has 3 aromatic rings. The van der Waals surface area contributed by atoms with Crippen LogP contribution in [0.5, 0.6) is 5.75 Å². The molecule has 1 aromatic heterocycles. The third kappa shape index (κ3) is 4.91. The summed E-state index contributed by atoms with van der Waals surface area (Å²) in [6, 6.07) is 9.50. The molecule has 176 valence electrons. The van der Waals surface area contributed by atoms with Crippen LogP contribution >= 0.6 is 0 Å². The smallest absolute Gasteiger partial charge is 0.259 e. The number of anilines is 1. The van der Waals surface area contributed by atoms with Gasteiger partial charge in [-0.1, -0.05) is 27.7 Å². The van der Waals surface area contributed by atoms with Gasteiger partial charge in [-0.2, -0.15) is 9.40 Å². The van der Waals surface area contributed by atoms with Crippen LogP contribution in [0.1, 0.15) is 49.7 Å². The molecule has 0 radical (unpaired) electrons. The second-order valence-electron chi connectivity index (χ2n) is 7.71. The number of hydrogen-bond acceptors (Lipinski definition) is 5. The number of halogens is 1. The van der Waals surface area contributed by atoms with E-state index in [1.54, 1.807) is 30.7 Å². The first kappa shape index (κ1) is 24.4. The lowest BCUT2D eigenvalue weighted by molar-refractivity contribution is 0.102. The van der Waals surface area contributed by atoms with Gasteiger partial charge in [-0.05, 0) is 48.4 Å². The van der Waals surface area contributed by atoms with Crippen molar-refractivity contribution in [2.45, 2.75) is 38.5 Å². The highest BCUT2D eigenvalue weighted by atomic mass is 32.2. The zero-order valence-corrected chi connectivity index (χ0v) is 19.7. The lowest BCUT2D eigenvalue weighted by atomic mass is 10.0. The Morgan fingerprint density at radius 3 is 2.36 bits per heavy atom. The number of aromatic hydroxyl groups is 1. The molecule has 0 saturated heterocycles. The van der Waals surface area contributed by atoms with Gasteiger partial charge in [0.25, 0.3) is 5.91 Å². The van der Waals surface area contributed by atoms with E-state index in [4.69, 9.17) is 0 Å². The van der Waals surface area contributed by atoms with Gasteiger partial charge in [-0.15, -0.1) is 0 Å². The highest BCUT2D eigenvalue weighted by Crippen LogP contribution is 2.30. The van der Waals surface area contributed by atoms with Gasteiger partial charge in [-0.25, -0.2) is 17.5 Å². The summed E-state index contributed by atoms with van der Waals surface area (Å²) in [7, 11) is -3.77. The largest absolute Gasteiger partial charge is 0.506 e. The van der Waals surface area contributed by atoms with Gasteiger partial charge in [0.2, 0.25) is 10.0 Å². The molecule has 2 N–H and O–H groups in total.